The van der Waals surface area contributed by atoms with Crippen molar-refractivity contribution in [1.82, 2.24) is 0 Å². The lowest BCUT2D eigenvalue weighted by Crippen LogP contribution is -2.00. The highest BCUT2D eigenvalue weighted by molar-refractivity contribution is 9.10. The van der Waals surface area contributed by atoms with Crippen LogP contribution in [-0.4, -0.2) is 7.11 Å². The predicted octanol–water partition coefficient (Wildman–Crippen LogP) is 3.85. The molecule has 2 aromatic rings. The van der Waals surface area contributed by atoms with E-state index in [0.717, 1.165) is 5.56 Å². The molecule has 2 rings (SSSR count). The third-order valence-electron chi connectivity index (χ3n) is 2.61. The van der Waals surface area contributed by atoms with Crippen molar-refractivity contribution in [2.75, 3.05) is 7.11 Å². The highest BCUT2D eigenvalue weighted by Gasteiger charge is 2.09. The first-order valence-electron chi connectivity index (χ1n) is 5.64. The molecule has 0 heterocycles. The van der Waals surface area contributed by atoms with Gasteiger partial charge in [-0.05, 0) is 40.2 Å². The molecule has 3 nitrogen and oxygen atoms in total. The van der Waals surface area contributed by atoms with Crippen LogP contribution in [0.2, 0.25) is 0 Å². The number of benzene rings is 2. The maximum absolute atomic E-state index is 13.0. The standard InChI is InChI=1S/C14H13BrFNO2/c1-18-11-4-2-9(8-17)14(7-11)19-13-5-3-10(16)6-12(13)15/h2-7H,8,17H2,1H3. The van der Waals surface area contributed by atoms with E-state index in [1.807, 2.05) is 12.1 Å². The minimum atomic E-state index is -0.330. The zero-order valence-electron chi connectivity index (χ0n) is 10.3. The fourth-order valence-corrected chi connectivity index (χ4v) is 2.03. The van der Waals surface area contributed by atoms with Crippen molar-refractivity contribution in [3.63, 3.8) is 0 Å². The van der Waals surface area contributed by atoms with E-state index in [-0.39, 0.29) is 5.82 Å². The van der Waals surface area contributed by atoms with Crippen LogP contribution in [0.4, 0.5) is 4.39 Å². The van der Waals surface area contributed by atoms with Gasteiger partial charge in [0, 0.05) is 18.2 Å². The second-order valence-electron chi connectivity index (χ2n) is 3.85. The van der Waals surface area contributed by atoms with Crippen molar-refractivity contribution in [3.8, 4) is 17.2 Å². The van der Waals surface area contributed by atoms with Crippen molar-refractivity contribution in [3.05, 3.63) is 52.3 Å². The van der Waals surface area contributed by atoms with E-state index >= 15 is 0 Å². The Labute approximate surface area is 119 Å². The zero-order chi connectivity index (χ0) is 13.8. The van der Waals surface area contributed by atoms with E-state index in [4.69, 9.17) is 15.2 Å². The molecule has 0 aliphatic heterocycles. The van der Waals surface area contributed by atoms with Gasteiger partial charge in [-0.15, -0.1) is 0 Å². The highest BCUT2D eigenvalue weighted by atomic mass is 79.9. The predicted molar refractivity (Wildman–Crippen MR) is 75.1 cm³/mol. The smallest absolute Gasteiger partial charge is 0.141 e. The number of hydrogen-bond acceptors (Lipinski definition) is 3. The molecular formula is C14H13BrFNO2. The van der Waals surface area contributed by atoms with Crippen LogP contribution >= 0.6 is 15.9 Å². The molecule has 5 heteroatoms. The number of hydrogen-bond donors (Lipinski definition) is 1. The summed E-state index contributed by atoms with van der Waals surface area (Å²) in [5.74, 6) is 1.45. The Hall–Kier alpha value is -1.59. The molecule has 2 aromatic carbocycles. The number of rotatable bonds is 4. The normalized spacial score (nSPS) is 10.3. The van der Waals surface area contributed by atoms with Crippen molar-refractivity contribution in [2.45, 2.75) is 6.54 Å². The summed E-state index contributed by atoms with van der Waals surface area (Å²) < 4.78 is 24.5. The summed E-state index contributed by atoms with van der Waals surface area (Å²) in [6, 6.07) is 9.64. The summed E-state index contributed by atoms with van der Waals surface area (Å²) >= 11 is 3.26. The number of halogens is 2. The second-order valence-corrected chi connectivity index (χ2v) is 4.71. The number of methoxy groups -OCH3 is 1. The van der Waals surface area contributed by atoms with Crippen molar-refractivity contribution in [2.24, 2.45) is 5.73 Å². The third kappa shape index (κ3) is 3.24. The van der Waals surface area contributed by atoms with E-state index in [0.29, 0.717) is 28.3 Å². The first-order valence-corrected chi connectivity index (χ1v) is 6.43. The van der Waals surface area contributed by atoms with E-state index in [1.54, 1.807) is 19.2 Å². The summed E-state index contributed by atoms with van der Waals surface area (Å²) in [5, 5.41) is 0. The van der Waals surface area contributed by atoms with Crippen LogP contribution in [0.5, 0.6) is 17.2 Å². The van der Waals surface area contributed by atoms with E-state index in [9.17, 15) is 4.39 Å². The van der Waals surface area contributed by atoms with Gasteiger partial charge < -0.3 is 15.2 Å². The minimum Gasteiger partial charge on any atom is -0.497 e. The summed E-state index contributed by atoms with van der Waals surface area (Å²) in [7, 11) is 1.58. The fourth-order valence-electron chi connectivity index (χ4n) is 1.60. The molecule has 0 radical (unpaired) electrons. The minimum absolute atomic E-state index is 0.330. The monoisotopic (exact) mass is 325 g/mol. The van der Waals surface area contributed by atoms with Crippen LogP contribution in [0.1, 0.15) is 5.56 Å². The quantitative estimate of drug-likeness (QED) is 0.928. The molecule has 0 atom stereocenters. The molecular weight excluding hydrogens is 313 g/mol. The summed E-state index contributed by atoms with van der Waals surface area (Å²) in [6.45, 7) is 0.345. The Kier molecular flexibility index (Phi) is 4.39. The van der Waals surface area contributed by atoms with Crippen molar-refractivity contribution < 1.29 is 13.9 Å². The largest absolute Gasteiger partial charge is 0.497 e. The third-order valence-corrected chi connectivity index (χ3v) is 3.23. The first-order chi connectivity index (χ1) is 9.13. The Bertz CT molecular complexity index is 590. The van der Waals surface area contributed by atoms with Gasteiger partial charge in [0.15, 0.2) is 0 Å². The number of nitrogens with two attached hydrogens (primary N) is 1. The molecule has 0 fully saturated rings. The van der Waals surface area contributed by atoms with Crippen LogP contribution in [0, 0.1) is 5.82 Å². The maximum Gasteiger partial charge on any atom is 0.141 e. The summed E-state index contributed by atoms with van der Waals surface area (Å²) in [6.07, 6.45) is 0. The lowest BCUT2D eigenvalue weighted by Gasteiger charge is -2.12. The topological polar surface area (TPSA) is 44.5 Å². The molecule has 0 saturated carbocycles. The van der Waals surface area contributed by atoms with Gasteiger partial charge in [-0.25, -0.2) is 4.39 Å². The van der Waals surface area contributed by atoms with Gasteiger partial charge in [0.05, 0.1) is 11.6 Å². The maximum atomic E-state index is 13.0. The molecule has 0 unspecified atom stereocenters. The Morgan fingerprint density at radius 2 is 1.95 bits per heavy atom. The van der Waals surface area contributed by atoms with Gasteiger partial charge in [-0.1, -0.05) is 6.07 Å². The first kappa shape index (κ1) is 13.8. The zero-order valence-corrected chi connectivity index (χ0v) is 11.9. The molecule has 0 aliphatic carbocycles. The van der Waals surface area contributed by atoms with Gasteiger partial charge in [0.1, 0.15) is 23.1 Å². The molecule has 0 aromatic heterocycles. The van der Waals surface area contributed by atoms with Gasteiger partial charge in [-0.2, -0.15) is 0 Å². The fraction of sp³-hybridized carbons (Fsp3) is 0.143. The molecule has 19 heavy (non-hydrogen) atoms. The Morgan fingerprint density at radius 3 is 2.58 bits per heavy atom. The average molecular weight is 326 g/mol. The van der Waals surface area contributed by atoms with Crippen LogP contribution in [0.25, 0.3) is 0 Å². The van der Waals surface area contributed by atoms with Crippen LogP contribution in [0.3, 0.4) is 0 Å². The molecule has 0 aliphatic rings. The van der Waals surface area contributed by atoms with Crippen LogP contribution < -0.4 is 15.2 Å². The molecule has 100 valence electrons. The van der Waals surface area contributed by atoms with E-state index in [2.05, 4.69) is 15.9 Å². The summed E-state index contributed by atoms with van der Waals surface area (Å²) in [4.78, 5) is 0. The second kappa shape index (κ2) is 6.04. The SMILES string of the molecule is COc1ccc(CN)c(Oc2ccc(F)cc2Br)c1. The van der Waals surface area contributed by atoms with Gasteiger partial charge in [0.25, 0.3) is 0 Å². The Morgan fingerprint density at radius 1 is 1.16 bits per heavy atom. The van der Waals surface area contributed by atoms with E-state index < -0.39 is 0 Å². The average Bonchev–Trinajstić information content (AvgIpc) is 2.41. The van der Waals surface area contributed by atoms with Crippen LogP contribution in [-0.2, 0) is 6.54 Å². The van der Waals surface area contributed by atoms with Gasteiger partial charge in [-0.3, -0.25) is 0 Å². The van der Waals surface area contributed by atoms with Gasteiger partial charge >= 0.3 is 0 Å². The summed E-state index contributed by atoms with van der Waals surface area (Å²) in [5.41, 5.74) is 6.51. The van der Waals surface area contributed by atoms with Crippen molar-refractivity contribution >= 4 is 15.9 Å². The molecule has 0 bridgehead atoms. The molecule has 0 amide bonds. The lowest BCUT2D eigenvalue weighted by molar-refractivity contribution is 0.407. The highest BCUT2D eigenvalue weighted by Crippen LogP contribution is 2.33. The molecule has 0 saturated heterocycles. The lowest BCUT2D eigenvalue weighted by atomic mass is 10.2. The number of ether oxygens (including phenoxy) is 2. The van der Waals surface area contributed by atoms with E-state index in [1.165, 1.54) is 12.1 Å². The van der Waals surface area contributed by atoms with Crippen LogP contribution in [0.15, 0.2) is 40.9 Å². The molecule has 2 N–H and O–H groups in total. The van der Waals surface area contributed by atoms with Crippen molar-refractivity contribution in [1.29, 1.82) is 0 Å². The van der Waals surface area contributed by atoms with Gasteiger partial charge in [0.2, 0.25) is 0 Å². The Balaban J connectivity index is 2.36. The molecule has 0 spiro atoms.